The first-order chi connectivity index (χ1) is 9.04. The number of phenolic OH excluding ortho intramolecular Hbond substituents is 1. The minimum atomic E-state index is -0.589. The first kappa shape index (κ1) is 13.2. The Balaban J connectivity index is 2.26. The number of primary amides is 1. The van der Waals surface area contributed by atoms with Crippen molar-refractivity contribution in [3.63, 3.8) is 0 Å². The quantitative estimate of drug-likeness (QED) is 0.831. The minimum absolute atomic E-state index is 0.147. The fraction of sp³-hybridized carbons (Fsp3) is 0.385. The third kappa shape index (κ3) is 2.47. The zero-order valence-corrected chi connectivity index (χ0v) is 10.6. The molecule has 1 aromatic carbocycles. The van der Waals surface area contributed by atoms with Gasteiger partial charge in [-0.2, -0.15) is 0 Å². The Labute approximate surface area is 110 Å². The van der Waals surface area contributed by atoms with Gasteiger partial charge in [-0.25, -0.2) is 0 Å². The molecule has 1 aliphatic heterocycles. The maximum Gasteiger partial charge on any atom is 0.258 e. The Morgan fingerprint density at radius 1 is 1.47 bits per heavy atom. The van der Waals surface area contributed by atoms with E-state index >= 15 is 0 Å². The fourth-order valence-corrected chi connectivity index (χ4v) is 2.28. The van der Waals surface area contributed by atoms with Gasteiger partial charge in [0.2, 0.25) is 5.91 Å². The molecule has 0 spiro atoms. The van der Waals surface area contributed by atoms with Crippen LogP contribution in [0.3, 0.4) is 0 Å². The van der Waals surface area contributed by atoms with E-state index in [-0.39, 0.29) is 17.2 Å². The van der Waals surface area contributed by atoms with E-state index in [1.807, 2.05) is 0 Å². The van der Waals surface area contributed by atoms with Crippen molar-refractivity contribution in [3.05, 3.63) is 23.8 Å². The van der Waals surface area contributed by atoms with Gasteiger partial charge in [-0.1, -0.05) is 0 Å². The normalized spacial score (nSPS) is 18.4. The van der Waals surface area contributed by atoms with E-state index in [0.717, 1.165) is 6.42 Å². The molecule has 102 valence electrons. The number of methoxy groups -OCH3 is 1. The van der Waals surface area contributed by atoms with E-state index in [1.165, 1.54) is 24.1 Å². The molecular weight excluding hydrogens is 248 g/mol. The van der Waals surface area contributed by atoms with E-state index in [4.69, 9.17) is 10.5 Å². The van der Waals surface area contributed by atoms with Gasteiger partial charge in [-0.3, -0.25) is 9.59 Å². The van der Waals surface area contributed by atoms with E-state index in [1.54, 1.807) is 6.07 Å². The van der Waals surface area contributed by atoms with Crippen molar-refractivity contribution < 1.29 is 19.4 Å². The predicted molar refractivity (Wildman–Crippen MR) is 67.9 cm³/mol. The van der Waals surface area contributed by atoms with Gasteiger partial charge in [0, 0.05) is 12.6 Å². The van der Waals surface area contributed by atoms with Crippen LogP contribution < -0.4 is 10.5 Å². The first-order valence-electron chi connectivity index (χ1n) is 6.02. The molecule has 6 nitrogen and oxygen atoms in total. The van der Waals surface area contributed by atoms with Crippen molar-refractivity contribution in [1.82, 2.24) is 4.90 Å². The number of rotatable bonds is 3. The standard InChI is InChI=1S/C13H16N2O4/c1-19-8-4-5-9(11(16)7-8)13(18)15-6-2-3-10(15)12(14)17/h4-5,7,10,16H,2-3,6H2,1H3,(H2,14,17). The second-order valence-corrected chi connectivity index (χ2v) is 4.44. The van der Waals surface area contributed by atoms with Gasteiger partial charge in [0.1, 0.15) is 17.5 Å². The zero-order chi connectivity index (χ0) is 14.0. The summed E-state index contributed by atoms with van der Waals surface area (Å²) in [5, 5.41) is 9.83. The van der Waals surface area contributed by atoms with E-state index in [2.05, 4.69) is 0 Å². The predicted octanol–water partition coefficient (Wildman–Crippen LogP) is 0.491. The number of likely N-dealkylation sites (tertiary alicyclic amines) is 1. The van der Waals surface area contributed by atoms with Gasteiger partial charge in [0.25, 0.3) is 5.91 Å². The number of phenols is 1. The molecule has 6 heteroatoms. The van der Waals surface area contributed by atoms with Crippen LogP contribution in [0, 0.1) is 0 Å². The van der Waals surface area contributed by atoms with Crippen molar-refractivity contribution in [3.8, 4) is 11.5 Å². The number of benzene rings is 1. The third-order valence-electron chi connectivity index (χ3n) is 3.28. The molecule has 1 unspecified atom stereocenters. The molecule has 0 radical (unpaired) electrons. The molecule has 1 fully saturated rings. The first-order valence-corrected chi connectivity index (χ1v) is 6.02. The number of ether oxygens (including phenoxy) is 1. The Kier molecular flexibility index (Phi) is 3.59. The van der Waals surface area contributed by atoms with Crippen LogP contribution in [-0.4, -0.2) is 41.5 Å². The highest BCUT2D eigenvalue weighted by atomic mass is 16.5. The molecule has 1 heterocycles. The van der Waals surface area contributed by atoms with Crippen molar-refractivity contribution in [1.29, 1.82) is 0 Å². The minimum Gasteiger partial charge on any atom is -0.507 e. The Morgan fingerprint density at radius 3 is 2.79 bits per heavy atom. The second-order valence-electron chi connectivity index (χ2n) is 4.44. The summed E-state index contributed by atoms with van der Waals surface area (Å²) in [4.78, 5) is 25.0. The number of nitrogens with two attached hydrogens (primary N) is 1. The summed E-state index contributed by atoms with van der Waals surface area (Å²) < 4.78 is 4.96. The molecule has 1 atom stereocenters. The molecule has 1 aliphatic rings. The molecule has 1 aromatic rings. The maximum absolute atomic E-state index is 12.3. The van der Waals surface area contributed by atoms with Gasteiger partial charge in [-0.05, 0) is 25.0 Å². The molecule has 0 bridgehead atoms. The number of carbonyl (C=O) groups excluding carboxylic acids is 2. The number of hydrogen-bond acceptors (Lipinski definition) is 4. The van der Waals surface area contributed by atoms with Gasteiger partial charge in [-0.15, -0.1) is 0 Å². The van der Waals surface area contributed by atoms with Crippen molar-refractivity contribution in [2.45, 2.75) is 18.9 Å². The molecule has 0 aliphatic carbocycles. The van der Waals surface area contributed by atoms with Crippen LogP contribution in [0.1, 0.15) is 23.2 Å². The summed E-state index contributed by atoms with van der Waals surface area (Å²) in [7, 11) is 1.47. The number of hydrogen-bond donors (Lipinski definition) is 2. The van der Waals surface area contributed by atoms with Crippen LogP contribution in [0.15, 0.2) is 18.2 Å². The Bertz CT molecular complexity index is 515. The SMILES string of the molecule is COc1ccc(C(=O)N2CCCC2C(N)=O)c(O)c1. The summed E-state index contributed by atoms with van der Waals surface area (Å²) in [6.45, 7) is 0.470. The fourth-order valence-electron chi connectivity index (χ4n) is 2.28. The molecule has 0 aromatic heterocycles. The molecule has 1 saturated heterocycles. The number of nitrogens with zero attached hydrogens (tertiary/aromatic N) is 1. The highest BCUT2D eigenvalue weighted by molar-refractivity contribution is 5.99. The molecular formula is C13H16N2O4. The molecule has 3 N–H and O–H groups in total. The number of carbonyl (C=O) groups is 2. The summed E-state index contributed by atoms with van der Waals surface area (Å²) >= 11 is 0. The van der Waals surface area contributed by atoms with E-state index in [0.29, 0.717) is 18.7 Å². The third-order valence-corrected chi connectivity index (χ3v) is 3.28. The Morgan fingerprint density at radius 2 is 2.21 bits per heavy atom. The van der Waals surface area contributed by atoms with Crippen molar-refractivity contribution >= 4 is 11.8 Å². The molecule has 2 rings (SSSR count). The Hall–Kier alpha value is -2.24. The number of aromatic hydroxyl groups is 1. The average molecular weight is 264 g/mol. The van der Waals surface area contributed by atoms with Gasteiger partial charge in [0.15, 0.2) is 0 Å². The summed E-state index contributed by atoms with van der Waals surface area (Å²) in [5.41, 5.74) is 5.42. The smallest absolute Gasteiger partial charge is 0.258 e. The zero-order valence-electron chi connectivity index (χ0n) is 10.6. The molecule has 0 saturated carbocycles. The van der Waals surface area contributed by atoms with Crippen LogP contribution in [0.5, 0.6) is 11.5 Å². The summed E-state index contributed by atoms with van der Waals surface area (Å²) in [6, 6.07) is 3.84. The van der Waals surface area contributed by atoms with Crippen LogP contribution in [0.25, 0.3) is 0 Å². The lowest BCUT2D eigenvalue weighted by Crippen LogP contribution is -2.43. The second kappa shape index (κ2) is 5.17. The number of amides is 2. The van der Waals surface area contributed by atoms with Gasteiger partial charge in [0.05, 0.1) is 12.7 Å². The lowest BCUT2D eigenvalue weighted by atomic mass is 10.1. The van der Waals surface area contributed by atoms with Crippen molar-refractivity contribution in [2.24, 2.45) is 5.73 Å². The molecule has 19 heavy (non-hydrogen) atoms. The summed E-state index contributed by atoms with van der Waals surface area (Å²) in [5.74, 6) is -0.610. The van der Waals surface area contributed by atoms with Crippen molar-refractivity contribution in [2.75, 3.05) is 13.7 Å². The largest absolute Gasteiger partial charge is 0.507 e. The van der Waals surface area contributed by atoms with Gasteiger partial charge < -0.3 is 20.5 Å². The van der Waals surface area contributed by atoms with Crippen LogP contribution in [0.4, 0.5) is 0 Å². The average Bonchev–Trinajstić information content (AvgIpc) is 2.87. The monoisotopic (exact) mass is 264 g/mol. The van der Waals surface area contributed by atoms with Crippen LogP contribution in [-0.2, 0) is 4.79 Å². The van der Waals surface area contributed by atoms with Gasteiger partial charge >= 0.3 is 0 Å². The highest BCUT2D eigenvalue weighted by Crippen LogP contribution is 2.27. The topological polar surface area (TPSA) is 92.9 Å². The van der Waals surface area contributed by atoms with Crippen LogP contribution >= 0.6 is 0 Å². The molecule has 2 amide bonds. The lowest BCUT2D eigenvalue weighted by molar-refractivity contribution is -0.121. The lowest BCUT2D eigenvalue weighted by Gasteiger charge is -2.22. The van der Waals surface area contributed by atoms with E-state index in [9.17, 15) is 14.7 Å². The van der Waals surface area contributed by atoms with E-state index < -0.39 is 11.9 Å². The maximum atomic E-state index is 12.3. The highest BCUT2D eigenvalue weighted by Gasteiger charge is 2.34. The van der Waals surface area contributed by atoms with Crippen LogP contribution in [0.2, 0.25) is 0 Å². The summed E-state index contributed by atoms with van der Waals surface area (Å²) in [6.07, 6.45) is 1.30.